The Kier molecular flexibility index (Phi) is 8.64. The lowest BCUT2D eigenvalue weighted by molar-refractivity contribution is 0.460. The average molecular weight is 168 g/mol. The number of allylic oxidation sites excluding steroid dienone is 2. The normalized spacial score (nSPS) is 11.7. The Labute approximate surface area is 78.1 Å². The van der Waals surface area contributed by atoms with Crippen molar-refractivity contribution in [1.29, 1.82) is 0 Å². The summed E-state index contributed by atoms with van der Waals surface area (Å²) in [6, 6.07) is 0. The van der Waals surface area contributed by atoms with Gasteiger partial charge in [0.1, 0.15) is 0 Å². The zero-order chi connectivity index (χ0) is 9.23. The third kappa shape index (κ3) is 6.45. The molecule has 0 unspecified atom stereocenters. The first-order valence-corrected chi connectivity index (χ1v) is 5.50. The van der Waals surface area contributed by atoms with Gasteiger partial charge in [0.2, 0.25) is 0 Å². The van der Waals surface area contributed by atoms with E-state index in [1.807, 2.05) is 0 Å². The predicted molar refractivity (Wildman–Crippen MR) is 57.4 cm³/mol. The minimum absolute atomic E-state index is 0.955. The van der Waals surface area contributed by atoms with Gasteiger partial charge < -0.3 is 0 Å². The van der Waals surface area contributed by atoms with E-state index in [9.17, 15) is 0 Å². The molecule has 0 saturated heterocycles. The van der Waals surface area contributed by atoms with E-state index < -0.39 is 0 Å². The second kappa shape index (κ2) is 8.83. The summed E-state index contributed by atoms with van der Waals surface area (Å²) < 4.78 is 0. The fourth-order valence-corrected chi connectivity index (χ4v) is 1.43. The Balaban J connectivity index is 3.27. The van der Waals surface area contributed by atoms with Gasteiger partial charge in [-0.05, 0) is 25.2 Å². The number of hydrogen-bond acceptors (Lipinski definition) is 0. The molecule has 0 atom stereocenters. The van der Waals surface area contributed by atoms with Crippen LogP contribution in [0.3, 0.4) is 0 Å². The summed E-state index contributed by atoms with van der Waals surface area (Å²) in [5, 5.41) is 0. The summed E-state index contributed by atoms with van der Waals surface area (Å²) in [6.07, 6.45) is 12.6. The van der Waals surface area contributed by atoms with Gasteiger partial charge in [0.05, 0.1) is 0 Å². The molecule has 72 valence electrons. The van der Waals surface area contributed by atoms with Gasteiger partial charge in [-0.25, -0.2) is 0 Å². The summed E-state index contributed by atoms with van der Waals surface area (Å²) in [5.74, 6) is 0.955. The molecule has 0 saturated carbocycles. The molecule has 0 amide bonds. The fourth-order valence-electron chi connectivity index (χ4n) is 1.43. The minimum atomic E-state index is 0.955. The van der Waals surface area contributed by atoms with Crippen LogP contribution in [-0.4, -0.2) is 0 Å². The third-order valence-corrected chi connectivity index (χ3v) is 2.52. The smallest absolute Gasteiger partial charge is 0.0348 e. The standard InChI is InChI=1S/C12H24/c1-4-7-8-9-10-11-12(5-2)6-3/h8-9,12H,4-7,10-11H2,1-3H3. The second-order valence-corrected chi connectivity index (χ2v) is 3.52. The van der Waals surface area contributed by atoms with Crippen LogP contribution in [-0.2, 0) is 0 Å². The predicted octanol–water partition coefficient (Wildman–Crippen LogP) is 4.56. The third-order valence-electron chi connectivity index (χ3n) is 2.52. The van der Waals surface area contributed by atoms with Crippen molar-refractivity contribution in [1.82, 2.24) is 0 Å². The average Bonchev–Trinajstić information content (AvgIpc) is 2.11. The molecule has 0 rings (SSSR count). The Morgan fingerprint density at radius 2 is 1.50 bits per heavy atom. The van der Waals surface area contributed by atoms with E-state index >= 15 is 0 Å². The first kappa shape index (κ1) is 11.7. The van der Waals surface area contributed by atoms with Crippen LogP contribution in [0.2, 0.25) is 0 Å². The Morgan fingerprint density at radius 1 is 0.917 bits per heavy atom. The molecule has 0 aromatic carbocycles. The molecule has 0 aromatic heterocycles. The lowest BCUT2D eigenvalue weighted by atomic mass is 9.97. The van der Waals surface area contributed by atoms with Crippen molar-refractivity contribution in [2.24, 2.45) is 5.92 Å². The maximum Gasteiger partial charge on any atom is -0.0348 e. The van der Waals surface area contributed by atoms with E-state index in [-0.39, 0.29) is 0 Å². The molecule has 0 aliphatic rings. The summed E-state index contributed by atoms with van der Waals surface area (Å²) >= 11 is 0. The van der Waals surface area contributed by atoms with E-state index in [0.717, 1.165) is 5.92 Å². The molecule has 0 aliphatic heterocycles. The van der Waals surface area contributed by atoms with Crippen molar-refractivity contribution < 1.29 is 0 Å². The highest BCUT2D eigenvalue weighted by Gasteiger charge is 1.99. The highest BCUT2D eigenvalue weighted by atomic mass is 14.1. The summed E-state index contributed by atoms with van der Waals surface area (Å²) in [4.78, 5) is 0. The maximum absolute atomic E-state index is 2.35. The minimum Gasteiger partial charge on any atom is -0.0885 e. The zero-order valence-electron chi connectivity index (χ0n) is 8.97. The topological polar surface area (TPSA) is 0 Å². The van der Waals surface area contributed by atoms with Gasteiger partial charge >= 0.3 is 0 Å². The van der Waals surface area contributed by atoms with Crippen molar-refractivity contribution in [2.75, 3.05) is 0 Å². The van der Waals surface area contributed by atoms with Crippen molar-refractivity contribution >= 4 is 0 Å². The van der Waals surface area contributed by atoms with E-state index in [4.69, 9.17) is 0 Å². The summed E-state index contributed by atoms with van der Waals surface area (Å²) in [7, 11) is 0. The fraction of sp³-hybridized carbons (Fsp3) is 0.833. The van der Waals surface area contributed by atoms with Gasteiger partial charge in [-0.3, -0.25) is 0 Å². The van der Waals surface area contributed by atoms with E-state index in [1.54, 1.807) is 0 Å². The van der Waals surface area contributed by atoms with Crippen LogP contribution in [0, 0.1) is 5.92 Å². The van der Waals surface area contributed by atoms with Crippen molar-refractivity contribution in [3.63, 3.8) is 0 Å². The second-order valence-electron chi connectivity index (χ2n) is 3.52. The van der Waals surface area contributed by atoms with Crippen molar-refractivity contribution in [2.45, 2.75) is 59.3 Å². The molecule has 0 heteroatoms. The molecule has 0 radical (unpaired) electrons. The Hall–Kier alpha value is -0.260. The van der Waals surface area contributed by atoms with E-state index in [2.05, 4.69) is 32.9 Å². The number of rotatable bonds is 7. The van der Waals surface area contributed by atoms with Crippen molar-refractivity contribution in [3.05, 3.63) is 12.2 Å². The monoisotopic (exact) mass is 168 g/mol. The van der Waals surface area contributed by atoms with Gasteiger partial charge in [-0.15, -0.1) is 0 Å². The van der Waals surface area contributed by atoms with E-state index in [0.29, 0.717) is 0 Å². The van der Waals surface area contributed by atoms with Crippen molar-refractivity contribution in [3.8, 4) is 0 Å². The molecule has 0 aliphatic carbocycles. The molecule has 0 N–H and O–H groups in total. The largest absolute Gasteiger partial charge is 0.0885 e. The molecule has 0 heterocycles. The first-order chi connectivity index (χ1) is 5.85. The van der Waals surface area contributed by atoms with Crippen LogP contribution in [0.25, 0.3) is 0 Å². The Morgan fingerprint density at radius 3 is 2.00 bits per heavy atom. The zero-order valence-corrected chi connectivity index (χ0v) is 8.97. The first-order valence-electron chi connectivity index (χ1n) is 5.50. The molecule has 12 heavy (non-hydrogen) atoms. The van der Waals surface area contributed by atoms with Gasteiger partial charge in [0.15, 0.2) is 0 Å². The molecule has 0 nitrogen and oxygen atoms in total. The van der Waals surface area contributed by atoms with Crippen LogP contribution >= 0.6 is 0 Å². The molecular weight excluding hydrogens is 144 g/mol. The molecule has 0 spiro atoms. The van der Waals surface area contributed by atoms with Crippen LogP contribution in [0.5, 0.6) is 0 Å². The van der Waals surface area contributed by atoms with Gasteiger partial charge in [0.25, 0.3) is 0 Å². The number of unbranched alkanes of at least 4 members (excludes halogenated alkanes) is 1. The summed E-state index contributed by atoms with van der Waals surface area (Å²) in [5.41, 5.74) is 0. The lowest BCUT2D eigenvalue weighted by Gasteiger charge is -2.09. The lowest BCUT2D eigenvalue weighted by Crippen LogP contribution is -1.94. The SMILES string of the molecule is CCCC=CCCC(CC)CC. The molecular formula is C12H24. The molecule has 0 aromatic rings. The van der Waals surface area contributed by atoms with Crippen LogP contribution in [0.15, 0.2) is 12.2 Å². The summed E-state index contributed by atoms with van der Waals surface area (Å²) in [6.45, 7) is 6.82. The van der Waals surface area contributed by atoms with Crippen LogP contribution in [0.1, 0.15) is 59.3 Å². The van der Waals surface area contributed by atoms with Crippen LogP contribution < -0.4 is 0 Å². The quantitative estimate of drug-likeness (QED) is 0.489. The number of hydrogen-bond donors (Lipinski definition) is 0. The molecule has 0 bridgehead atoms. The van der Waals surface area contributed by atoms with E-state index in [1.165, 1.54) is 38.5 Å². The van der Waals surface area contributed by atoms with Crippen LogP contribution in [0.4, 0.5) is 0 Å². The Bertz CT molecular complexity index is 98.6. The van der Waals surface area contributed by atoms with Gasteiger partial charge in [-0.1, -0.05) is 52.2 Å². The molecule has 0 fully saturated rings. The van der Waals surface area contributed by atoms with Gasteiger partial charge in [0, 0.05) is 0 Å². The van der Waals surface area contributed by atoms with Gasteiger partial charge in [-0.2, -0.15) is 0 Å². The highest BCUT2D eigenvalue weighted by molar-refractivity contribution is 4.81. The maximum atomic E-state index is 2.35. The highest BCUT2D eigenvalue weighted by Crippen LogP contribution is 2.14.